The van der Waals surface area contributed by atoms with E-state index in [-0.39, 0.29) is 5.82 Å². The summed E-state index contributed by atoms with van der Waals surface area (Å²) in [6, 6.07) is 3.57. The van der Waals surface area contributed by atoms with Crippen LogP contribution in [0.4, 0.5) is 10.1 Å². The van der Waals surface area contributed by atoms with E-state index in [0.29, 0.717) is 15.7 Å². The highest BCUT2D eigenvalue weighted by atomic mass is 127. The van der Waals surface area contributed by atoms with E-state index >= 15 is 0 Å². The highest BCUT2D eigenvalue weighted by molar-refractivity contribution is 14.1. The zero-order valence-corrected chi connectivity index (χ0v) is 10.3. The molecular weight excluding hydrogens is 312 g/mol. The van der Waals surface area contributed by atoms with E-state index in [2.05, 4.69) is 5.32 Å². The molecule has 82 valence electrons. The lowest BCUT2D eigenvalue weighted by Gasteiger charge is -2.14. The molecule has 5 heteroatoms. The maximum atomic E-state index is 12.8. The van der Waals surface area contributed by atoms with Crippen LogP contribution < -0.4 is 5.32 Å². The van der Waals surface area contributed by atoms with Crippen LogP contribution in [0.1, 0.15) is 13.3 Å². The second-order valence-corrected chi connectivity index (χ2v) is 4.23. The van der Waals surface area contributed by atoms with E-state index in [1.54, 1.807) is 13.0 Å². The van der Waals surface area contributed by atoms with Crippen molar-refractivity contribution in [1.82, 2.24) is 0 Å². The molecule has 0 fully saturated rings. The zero-order valence-electron chi connectivity index (χ0n) is 8.13. The van der Waals surface area contributed by atoms with Crippen LogP contribution in [0.5, 0.6) is 0 Å². The van der Waals surface area contributed by atoms with Gasteiger partial charge in [0.1, 0.15) is 11.9 Å². The zero-order chi connectivity index (χ0) is 11.4. The van der Waals surface area contributed by atoms with Crippen LogP contribution in [0.25, 0.3) is 0 Å². The van der Waals surface area contributed by atoms with Gasteiger partial charge in [-0.25, -0.2) is 9.18 Å². The third kappa shape index (κ3) is 3.33. The molecule has 0 spiro atoms. The summed E-state index contributed by atoms with van der Waals surface area (Å²) in [7, 11) is 0. The molecule has 0 bridgehead atoms. The monoisotopic (exact) mass is 323 g/mol. The standard InChI is InChI=1S/C10H11FINO2/c1-2-8(10(14)15)13-9-4-3-6(11)5-7(9)12/h3-5,8,13H,2H2,1H3,(H,14,15). The third-order valence-electron chi connectivity index (χ3n) is 1.97. The van der Waals surface area contributed by atoms with E-state index in [1.807, 2.05) is 22.6 Å². The summed E-state index contributed by atoms with van der Waals surface area (Å²) in [5, 5.41) is 11.7. The molecule has 0 saturated heterocycles. The van der Waals surface area contributed by atoms with Gasteiger partial charge in [0, 0.05) is 9.26 Å². The molecular formula is C10H11FINO2. The smallest absolute Gasteiger partial charge is 0.326 e. The second kappa shape index (κ2) is 5.29. The Morgan fingerprint density at radius 3 is 2.80 bits per heavy atom. The molecule has 0 aliphatic heterocycles. The van der Waals surface area contributed by atoms with Crippen LogP contribution in [0.2, 0.25) is 0 Å². The third-order valence-corrected chi connectivity index (χ3v) is 2.86. The number of carboxylic acids is 1. The van der Waals surface area contributed by atoms with E-state index in [9.17, 15) is 9.18 Å². The number of benzene rings is 1. The molecule has 0 radical (unpaired) electrons. The molecule has 1 unspecified atom stereocenters. The quantitative estimate of drug-likeness (QED) is 0.838. The fraction of sp³-hybridized carbons (Fsp3) is 0.300. The van der Waals surface area contributed by atoms with E-state index in [0.717, 1.165) is 0 Å². The van der Waals surface area contributed by atoms with Crippen molar-refractivity contribution in [2.75, 3.05) is 5.32 Å². The molecule has 1 aromatic carbocycles. The van der Waals surface area contributed by atoms with Crippen LogP contribution in [0, 0.1) is 9.39 Å². The minimum absolute atomic E-state index is 0.326. The molecule has 0 aliphatic rings. The van der Waals surface area contributed by atoms with Gasteiger partial charge >= 0.3 is 5.97 Å². The summed E-state index contributed by atoms with van der Waals surface area (Å²) in [4.78, 5) is 10.8. The number of carbonyl (C=O) groups is 1. The summed E-state index contributed by atoms with van der Waals surface area (Å²) < 4.78 is 13.4. The number of nitrogens with one attached hydrogen (secondary N) is 1. The number of hydrogen-bond acceptors (Lipinski definition) is 2. The SMILES string of the molecule is CCC(Nc1ccc(F)cc1I)C(=O)O. The van der Waals surface area contributed by atoms with Crippen LogP contribution in [0.15, 0.2) is 18.2 Å². The average Bonchev–Trinajstić information content (AvgIpc) is 2.16. The average molecular weight is 323 g/mol. The van der Waals surface area contributed by atoms with Gasteiger partial charge in [0.25, 0.3) is 0 Å². The summed E-state index contributed by atoms with van der Waals surface area (Å²) in [5.74, 6) is -1.23. The Kier molecular flexibility index (Phi) is 4.31. The maximum absolute atomic E-state index is 12.8. The van der Waals surface area contributed by atoms with Gasteiger partial charge < -0.3 is 10.4 Å². The number of rotatable bonds is 4. The Hall–Kier alpha value is -0.850. The Balaban J connectivity index is 2.84. The maximum Gasteiger partial charge on any atom is 0.326 e. The largest absolute Gasteiger partial charge is 0.480 e. The van der Waals surface area contributed by atoms with Crippen molar-refractivity contribution in [3.63, 3.8) is 0 Å². The lowest BCUT2D eigenvalue weighted by molar-refractivity contribution is -0.137. The van der Waals surface area contributed by atoms with Gasteiger partial charge in [-0.1, -0.05) is 6.92 Å². The van der Waals surface area contributed by atoms with Gasteiger partial charge in [0.05, 0.1) is 0 Å². The fourth-order valence-electron chi connectivity index (χ4n) is 1.13. The number of halogens is 2. The minimum Gasteiger partial charge on any atom is -0.480 e. The normalized spacial score (nSPS) is 12.2. The highest BCUT2D eigenvalue weighted by Gasteiger charge is 2.15. The van der Waals surface area contributed by atoms with Gasteiger partial charge in [-0.2, -0.15) is 0 Å². The molecule has 1 rings (SSSR count). The van der Waals surface area contributed by atoms with Gasteiger partial charge in [-0.3, -0.25) is 0 Å². The molecule has 3 nitrogen and oxygen atoms in total. The molecule has 0 amide bonds. The molecule has 0 heterocycles. The predicted octanol–water partition coefficient (Wildman–Crippen LogP) is 2.71. The first kappa shape index (κ1) is 12.2. The summed E-state index contributed by atoms with van der Waals surface area (Å²) in [6.07, 6.45) is 0.475. The number of aliphatic carboxylic acids is 1. The van der Waals surface area contributed by atoms with E-state index in [4.69, 9.17) is 5.11 Å². The van der Waals surface area contributed by atoms with E-state index < -0.39 is 12.0 Å². The van der Waals surface area contributed by atoms with Gasteiger partial charge in [0.15, 0.2) is 0 Å². The lowest BCUT2D eigenvalue weighted by atomic mass is 10.2. The highest BCUT2D eigenvalue weighted by Crippen LogP contribution is 2.20. The molecule has 0 aromatic heterocycles. The first-order valence-corrected chi connectivity index (χ1v) is 5.57. The number of hydrogen-bond donors (Lipinski definition) is 2. The first-order valence-electron chi connectivity index (χ1n) is 4.49. The molecule has 0 saturated carbocycles. The van der Waals surface area contributed by atoms with Crippen molar-refractivity contribution >= 4 is 34.2 Å². The van der Waals surface area contributed by atoms with Crippen LogP contribution in [-0.2, 0) is 4.79 Å². The van der Waals surface area contributed by atoms with Crippen LogP contribution in [0.3, 0.4) is 0 Å². The molecule has 1 atom stereocenters. The molecule has 1 aromatic rings. The van der Waals surface area contributed by atoms with Crippen molar-refractivity contribution in [2.45, 2.75) is 19.4 Å². The van der Waals surface area contributed by atoms with Gasteiger partial charge in [-0.15, -0.1) is 0 Å². The summed E-state index contributed by atoms with van der Waals surface area (Å²) >= 11 is 1.96. The fourth-order valence-corrected chi connectivity index (χ4v) is 1.77. The summed E-state index contributed by atoms with van der Waals surface area (Å²) in [6.45, 7) is 1.78. The summed E-state index contributed by atoms with van der Waals surface area (Å²) in [5.41, 5.74) is 0.645. The first-order chi connectivity index (χ1) is 7.04. The number of anilines is 1. The Morgan fingerprint density at radius 2 is 2.33 bits per heavy atom. The Labute approximate surface area is 101 Å². The van der Waals surface area contributed by atoms with Gasteiger partial charge in [-0.05, 0) is 47.2 Å². The molecule has 0 aliphatic carbocycles. The predicted molar refractivity (Wildman–Crippen MR) is 64.5 cm³/mol. The Morgan fingerprint density at radius 1 is 1.67 bits per heavy atom. The van der Waals surface area contributed by atoms with Crippen molar-refractivity contribution < 1.29 is 14.3 Å². The number of carboxylic acid groups (broad SMARTS) is 1. The van der Waals surface area contributed by atoms with Crippen LogP contribution >= 0.6 is 22.6 Å². The van der Waals surface area contributed by atoms with Crippen molar-refractivity contribution in [2.24, 2.45) is 0 Å². The molecule has 15 heavy (non-hydrogen) atoms. The van der Waals surface area contributed by atoms with Crippen LogP contribution in [-0.4, -0.2) is 17.1 Å². The minimum atomic E-state index is -0.905. The van der Waals surface area contributed by atoms with E-state index in [1.165, 1.54) is 12.1 Å². The van der Waals surface area contributed by atoms with Gasteiger partial charge in [0.2, 0.25) is 0 Å². The second-order valence-electron chi connectivity index (χ2n) is 3.07. The topological polar surface area (TPSA) is 49.3 Å². The lowest BCUT2D eigenvalue weighted by Crippen LogP contribution is -2.28. The van der Waals surface area contributed by atoms with Crippen molar-refractivity contribution in [3.05, 3.63) is 27.6 Å². The van der Waals surface area contributed by atoms with Crippen molar-refractivity contribution in [3.8, 4) is 0 Å². The van der Waals surface area contributed by atoms with Crippen molar-refractivity contribution in [1.29, 1.82) is 0 Å². The Bertz CT molecular complexity index is 370. The molecule has 2 N–H and O–H groups in total.